The summed E-state index contributed by atoms with van der Waals surface area (Å²) in [5, 5.41) is 0. The van der Waals surface area contributed by atoms with Crippen molar-refractivity contribution in [3.05, 3.63) is 21.7 Å². The van der Waals surface area contributed by atoms with E-state index < -0.39 is 0 Å². The van der Waals surface area contributed by atoms with Gasteiger partial charge >= 0.3 is 5.97 Å². The van der Waals surface area contributed by atoms with E-state index in [0.29, 0.717) is 29.0 Å². The van der Waals surface area contributed by atoms with Gasteiger partial charge in [0.2, 0.25) is 0 Å². The van der Waals surface area contributed by atoms with Crippen molar-refractivity contribution in [1.82, 2.24) is 9.55 Å². The van der Waals surface area contributed by atoms with E-state index in [-0.39, 0.29) is 5.97 Å². The average Bonchev–Trinajstić information content (AvgIpc) is 2.26. The summed E-state index contributed by atoms with van der Waals surface area (Å²) in [5.74, 6) is -0.170. The van der Waals surface area contributed by atoms with Crippen LogP contribution in [0.2, 0.25) is 0 Å². The molecule has 0 bridgehead atoms. The molecule has 0 aliphatic carbocycles. The highest BCUT2D eigenvalue weighted by Crippen LogP contribution is 1.96. The number of nitrogens with one attached hydrogen (secondary N) is 1. The Labute approximate surface area is 104 Å². The fourth-order valence-corrected chi connectivity index (χ4v) is 1.63. The van der Waals surface area contributed by atoms with Crippen molar-refractivity contribution in [1.29, 1.82) is 0 Å². The van der Waals surface area contributed by atoms with Crippen molar-refractivity contribution < 1.29 is 9.53 Å². The molecule has 1 N–H and O–H groups in total. The van der Waals surface area contributed by atoms with Crippen LogP contribution in [0.1, 0.15) is 19.8 Å². The SMILES string of the molecule is CCC(=O)OCCCn1ccc(=S)[nH]c1=S. The van der Waals surface area contributed by atoms with Gasteiger partial charge < -0.3 is 14.3 Å². The maximum Gasteiger partial charge on any atom is 0.305 e. The summed E-state index contributed by atoms with van der Waals surface area (Å²) in [6, 6.07) is 1.78. The molecule has 0 saturated heterocycles. The highest BCUT2D eigenvalue weighted by atomic mass is 32.1. The minimum absolute atomic E-state index is 0.170. The maximum absolute atomic E-state index is 10.9. The molecule has 0 aliphatic rings. The van der Waals surface area contributed by atoms with Crippen LogP contribution in [0.25, 0.3) is 0 Å². The Hall–Kier alpha value is -1.01. The minimum Gasteiger partial charge on any atom is -0.466 e. The second-order valence-corrected chi connectivity index (χ2v) is 4.06. The number of hydrogen-bond donors (Lipinski definition) is 1. The molecule has 4 nitrogen and oxygen atoms in total. The quantitative estimate of drug-likeness (QED) is 0.501. The zero-order valence-electron chi connectivity index (χ0n) is 9.06. The molecule has 0 atom stereocenters. The van der Waals surface area contributed by atoms with Crippen LogP contribution in [0.5, 0.6) is 0 Å². The van der Waals surface area contributed by atoms with Crippen LogP contribution in [0, 0.1) is 9.41 Å². The second-order valence-electron chi connectivity index (χ2n) is 3.23. The molecule has 1 aromatic rings. The normalized spacial score (nSPS) is 10.1. The number of ether oxygens (including phenoxy) is 1. The van der Waals surface area contributed by atoms with Crippen LogP contribution in [-0.2, 0) is 16.1 Å². The predicted molar refractivity (Wildman–Crippen MR) is 66.3 cm³/mol. The lowest BCUT2D eigenvalue weighted by Gasteiger charge is -2.06. The van der Waals surface area contributed by atoms with Crippen molar-refractivity contribution in [2.24, 2.45) is 0 Å². The van der Waals surface area contributed by atoms with Crippen molar-refractivity contribution >= 4 is 30.4 Å². The van der Waals surface area contributed by atoms with E-state index in [9.17, 15) is 4.79 Å². The van der Waals surface area contributed by atoms with Crippen LogP contribution in [0.4, 0.5) is 0 Å². The number of hydrogen-bond acceptors (Lipinski definition) is 4. The van der Waals surface area contributed by atoms with Crippen LogP contribution in [0.3, 0.4) is 0 Å². The van der Waals surface area contributed by atoms with Gasteiger partial charge in [-0.1, -0.05) is 19.1 Å². The standard InChI is InChI=1S/C10H14N2O2S2/c1-2-9(13)14-7-3-5-12-6-4-8(15)11-10(12)16/h4,6H,2-3,5,7H2,1H3,(H,11,15,16). The Balaban J connectivity index is 2.41. The highest BCUT2D eigenvalue weighted by molar-refractivity contribution is 7.72. The molecule has 1 aromatic heterocycles. The summed E-state index contributed by atoms with van der Waals surface area (Å²) < 4.78 is 8.04. The lowest BCUT2D eigenvalue weighted by atomic mass is 10.4. The van der Waals surface area contributed by atoms with Gasteiger partial charge in [-0.2, -0.15) is 0 Å². The van der Waals surface area contributed by atoms with E-state index in [0.717, 1.165) is 6.42 Å². The third kappa shape index (κ3) is 4.24. The van der Waals surface area contributed by atoms with E-state index in [2.05, 4.69) is 4.98 Å². The van der Waals surface area contributed by atoms with E-state index in [1.165, 1.54) is 0 Å². The molecule has 6 heteroatoms. The Bertz CT molecular complexity index is 464. The number of rotatable bonds is 5. The van der Waals surface area contributed by atoms with Gasteiger partial charge in [-0.05, 0) is 24.7 Å². The molecule has 0 aromatic carbocycles. The first-order valence-corrected chi connectivity index (χ1v) is 5.90. The van der Waals surface area contributed by atoms with Gasteiger partial charge in [-0.15, -0.1) is 0 Å². The topological polar surface area (TPSA) is 47.0 Å². The lowest BCUT2D eigenvalue weighted by molar-refractivity contribution is -0.143. The van der Waals surface area contributed by atoms with Gasteiger partial charge in [-0.25, -0.2) is 0 Å². The number of carbonyl (C=O) groups is 1. The summed E-state index contributed by atoms with van der Waals surface area (Å²) in [6.07, 6.45) is 2.99. The van der Waals surface area contributed by atoms with Crippen LogP contribution in [0.15, 0.2) is 12.3 Å². The third-order valence-corrected chi connectivity index (χ3v) is 2.57. The molecule has 16 heavy (non-hydrogen) atoms. The molecule has 0 amide bonds. The number of carbonyl (C=O) groups excluding carboxylic acids is 1. The Morgan fingerprint density at radius 2 is 2.31 bits per heavy atom. The molecule has 88 valence electrons. The molecular weight excluding hydrogens is 244 g/mol. The summed E-state index contributed by atoms with van der Waals surface area (Å²) in [7, 11) is 0. The van der Waals surface area contributed by atoms with Crippen LogP contribution < -0.4 is 0 Å². The molecule has 0 spiro atoms. The molecule has 0 aliphatic heterocycles. The molecular formula is C10H14N2O2S2. The predicted octanol–water partition coefficient (Wildman–Crippen LogP) is 2.62. The molecule has 1 heterocycles. The maximum atomic E-state index is 10.9. The van der Waals surface area contributed by atoms with E-state index in [1.807, 2.05) is 10.8 Å². The fourth-order valence-electron chi connectivity index (χ4n) is 1.14. The average molecular weight is 258 g/mol. The number of nitrogens with zero attached hydrogens (tertiary/aromatic N) is 1. The van der Waals surface area contributed by atoms with Gasteiger partial charge in [0, 0.05) is 19.2 Å². The van der Waals surface area contributed by atoms with Crippen molar-refractivity contribution in [3.8, 4) is 0 Å². The summed E-state index contributed by atoms with van der Waals surface area (Å²) >= 11 is 10.0. The van der Waals surface area contributed by atoms with Gasteiger partial charge in [0.05, 0.1) is 6.61 Å². The van der Waals surface area contributed by atoms with Crippen LogP contribution in [-0.4, -0.2) is 22.1 Å². The Kier molecular flexibility index (Phi) is 5.34. The summed E-state index contributed by atoms with van der Waals surface area (Å²) in [6.45, 7) is 2.90. The molecule has 0 saturated carbocycles. The number of aromatic amines is 1. The minimum atomic E-state index is -0.170. The smallest absolute Gasteiger partial charge is 0.305 e. The first kappa shape index (κ1) is 13.1. The Morgan fingerprint density at radius 3 is 2.94 bits per heavy atom. The summed E-state index contributed by atoms with van der Waals surface area (Å²) in [5.41, 5.74) is 0. The molecule has 0 fully saturated rings. The number of H-pyrrole nitrogens is 1. The summed E-state index contributed by atoms with van der Waals surface area (Å²) in [4.78, 5) is 13.7. The zero-order valence-corrected chi connectivity index (χ0v) is 10.7. The van der Waals surface area contributed by atoms with Crippen molar-refractivity contribution in [2.45, 2.75) is 26.3 Å². The number of esters is 1. The zero-order chi connectivity index (χ0) is 12.0. The van der Waals surface area contributed by atoms with Gasteiger partial charge in [0.25, 0.3) is 0 Å². The molecule has 0 radical (unpaired) electrons. The number of aryl methyl sites for hydroxylation is 1. The second kappa shape index (κ2) is 6.55. The van der Waals surface area contributed by atoms with Gasteiger partial charge in [0.1, 0.15) is 4.64 Å². The highest BCUT2D eigenvalue weighted by Gasteiger charge is 1.98. The van der Waals surface area contributed by atoms with E-state index in [4.69, 9.17) is 29.2 Å². The largest absolute Gasteiger partial charge is 0.466 e. The van der Waals surface area contributed by atoms with Crippen molar-refractivity contribution in [2.75, 3.05) is 6.61 Å². The third-order valence-electron chi connectivity index (χ3n) is 1.99. The van der Waals surface area contributed by atoms with E-state index in [1.54, 1.807) is 13.0 Å². The Morgan fingerprint density at radius 1 is 1.56 bits per heavy atom. The lowest BCUT2D eigenvalue weighted by Crippen LogP contribution is -2.08. The molecule has 1 rings (SSSR count). The van der Waals surface area contributed by atoms with Gasteiger partial charge in [-0.3, -0.25) is 4.79 Å². The number of aromatic nitrogens is 2. The first-order chi connectivity index (χ1) is 7.63. The molecule has 0 unspecified atom stereocenters. The van der Waals surface area contributed by atoms with Gasteiger partial charge in [0.15, 0.2) is 4.77 Å². The fraction of sp³-hybridized carbons (Fsp3) is 0.500. The van der Waals surface area contributed by atoms with Crippen molar-refractivity contribution in [3.63, 3.8) is 0 Å². The monoisotopic (exact) mass is 258 g/mol. The van der Waals surface area contributed by atoms with Crippen LogP contribution >= 0.6 is 24.4 Å². The first-order valence-electron chi connectivity index (χ1n) is 5.09. The van der Waals surface area contributed by atoms with E-state index >= 15 is 0 Å².